The van der Waals surface area contributed by atoms with Gasteiger partial charge >= 0.3 is 6.18 Å². The lowest BCUT2D eigenvalue weighted by atomic mass is 10.2. The van der Waals surface area contributed by atoms with Gasteiger partial charge in [-0.1, -0.05) is 0 Å². The number of sulfonamides is 1. The number of anilines is 1. The number of hydrogen-bond donors (Lipinski definition) is 2. The maximum Gasteiger partial charge on any atom is 0.389 e. The van der Waals surface area contributed by atoms with Crippen LogP contribution in [0, 0.1) is 0 Å². The second kappa shape index (κ2) is 6.99. The largest absolute Gasteiger partial charge is 0.496 e. The topological polar surface area (TPSA) is 81.4 Å². The fourth-order valence-electron chi connectivity index (χ4n) is 1.66. The summed E-state index contributed by atoms with van der Waals surface area (Å²) in [6, 6.07) is 4.72. The van der Waals surface area contributed by atoms with Crippen molar-refractivity contribution in [2.45, 2.75) is 25.6 Å². The molecule has 0 radical (unpaired) electrons. The van der Waals surface area contributed by atoms with E-state index in [1.165, 1.54) is 13.2 Å². The van der Waals surface area contributed by atoms with Crippen LogP contribution in [0.1, 0.15) is 18.4 Å². The number of nitrogen functional groups attached to an aromatic ring is 1. The monoisotopic (exact) mass is 326 g/mol. The van der Waals surface area contributed by atoms with Gasteiger partial charge in [0.05, 0.1) is 12.9 Å². The molecule has 1 rings (SSSR count). The normalized spacial score (nSPS) is 12.4. The zero-order valence-corrected chi connectivity index (χ0v) is 12.2. The third-order valence-corrected chi connectivity index (χ3v) is 4.07. The summed E-state index contributed by atoms with van der Waals surface area (Å²) >= 11 is 0. The van der Waals surface area contributed by atoms with Crippen molar-refractivity contribution in [1.29, 1.82) is 0 Å². The first-order valence-electron chi connectivity index (χ1n) is 6.09. The molecule has 0 unspecified atom stereocenters. The van der Waals surface area contributed by atoms with E-state index in [1.54, 1.807) is 12.1 Å². The van der Waals surface area contributed by atoms with Gasteiger partial charge in [0.2, 0.25) is 10.0 Å². The lowest BCUT2D eigenvalue weighted by Crippen LogP contribution is -2.27. The quantitative estimate of drug-likeness (QED) is 0.751. The molecule has 0 saturated carbocycles. The van der Waals surface area contributed by atoms with Crippen LogP contribution in [-0.4, -0.2) is 27.5 Å². The highest BCUT2D eigenvalue weighted by atomic mass is 32.2. The maximum atomic E-state index is 12.0. The van der Waals surface area contributed by atoms with Gasteiger partial charge in [-0.3, -0.25) is 0 Å². The van der Waals surface area contributed by atoms with Crippen LogP contribution in [0.2, 0.25) is 0 Å². The summed E-state index contributed by atoms with van der Waals surface area (Å²) in [6.07, 6.45) is -5.96. The summed E-state index contributed by atoms with van der Waals surface area (Å²) in [5, 5.41) is 0. The predicted molar refractivity (Wildman–Crippen MR) is 73.3 cm³/mol. The van der Waals surface area contributed by atoms with Crippen molar-refractivity contribution in [2.24, 2.45) is 0 Å². The van der Waals surface area contributed by atoms with E-state index in [0.717, 1.165) is 0 Å². The van der Waals surface area contributed by atoms with Crippen molar-refractivity contribution in [3.05, 3.63) is 23.8 Å². The molecule has 0 bridgehead atoms. The molecule has 0 amide bonds. The molecule has 120 valence electrons. The number of rotatable bonds is 7. The highest BCUT2D eigenvalue weighted by Crippen LogP contribution is 2.22. The van der Waals surface area contributed by atoms with Crippen molar-refractivity contribution < 1.29 is 26.3 Å². The van der Waals surface area contributed by atoms with Gasteiger partial charge in [-0.15, -0.1) is 0 Å². The molecule has 0 heterocycles. The van der Waals surface area contributed by atoms with Crippen molar-refractivity contribution >= 4 is 15.7 Å². The third kappa shape index (κ3) is 6.67. The maximum absolute atomic E-state index is 12.0. The molecular formula is C12H17F3N2O3S. The summed E-state index contributed by atoms with van der Waals surface area (Å²) in [7, 11) is -2.36. The molecule has 0 aromatic heterocycles. The van der Waals surface area contributed by atoms with Crippen LogP contribution in [0.4, 0.5) is 18.9 Å². The fraction of sp³-hybridized carbons (Fsp3) is 0.500. The average Bonchev–Trinajstić information content (AvgIpc) is 2.35. The molecule has 0 atom stereocenters. The summed E-state index contributed by atoms with van der Waals surface area (Å²) in [5.74, 6) is -0.140. The van der Waals surface area contributed by atoms with Crippen LogP contribution < -0.4 is 15.2 Å². The molecule has 1 aromatic rings. The molecule has 0 aliphatic carbocycles. The Morgan fingerprint density at radius 2 is 2.00 bits per heavy atom. The predicted octanol–water partition coefficient (Wildman–Crippen LogP) is 2.04. The van der Waals surface area contributed by atoms with Gasteiger partial charge in [0, 0.05) is 24.2 Å². The standard InChI is InChI=1S/C12H17F3N2O3S/c1-20-11-4-3-10(16)7-9(11)8-17-21(18,19)6-2-5-12(13,14)15/h3-4,7,17H,2,5-6,8,16H2,1H3. The van der Waals surface area contributed by atoms with Crippen LogP contribution >= 0.6 is 0 Å². The van der Waals surface area contributed by atoms with Gasteiger partial charge in [-0.05, 0) is 24.6 Å². The number of halogens is 3. The Morgan fingerprint density at radius 3 is 2.57 bits per heavy atom. The van der Waals surface area contributed by atoms with Crippen LogP contribution in [-0.2, 0) is 16.6 Å². The van der Waals surface area contributed by atoms with Crippen molar-refractivity contribution in [2.75, 3.05) is 18.6 Å². The van der Waals surface area contributed by atoms with Crippen LogP contribution in [0.5, 0.6) is 5.75 Å². The van der Waals surface area contributed by atoms with E-state index in [-0.39, 0.29) is 6.54 Å². The van der Waals surface area contributed by atoms with Crippen molar-refractivity contribution in [1.82, 2.24) is 4.72 Å². The summed E-state index contributed by atoms with van der Waals surface area (Å²) < 4.78 is 66.5. The first-order chi connectivity index (χ1) is 9.63. The fourth-order valence-corrected chi connectivity index (χ4v) is 2.70. The molecule has 0 saturated heterocycles. The lowest BCUT2D eigenvalue weighted by molar-refractivity contribution is -0.134. The number of benzene rings is 1. The molecule has 3 N–H and O–H groups in total. The van der Waals surface area contributed by atoms with E-state index < -0.39 is 34.8 Å². The molecule has 1 aromatic carbocycles. The molecule has 21 heavy (non-hydrogen) atoms. The summed E-state index contributed by atoms with van der Waals surface area (Å²) in [4.78, 5) is 0. The zero-order valence-electron chi connectivity index (χ0n) is 11.4. The number of alkyl halides is 3. The molecule has 5 nitrogen and oxygen atoms in total. The van der Waals surface area contributed by atoms with Crippen molar-refractivity contribution in [3.8, 4) is 5.75 Å². The highest BCUT2D eigenvalue weighted by Gasteiger charge is 2.27. The van der Waals surface area contributed by atoms with Gasteiger partial charge in [0.15, 0.2) is 0 Å². The van der Waals surface area contributed by atoms with Gasteiger partial charge in [0.1, 0.15) is 5.75 Å². The summed E-state index contributed by atoms with van der Waals surface area (Å²) in [5.41, 5.74) is 6.54. The minimum absolute atomic E-state index is 0.0947. The first kappa shape index (κ1) is 17.6. The Kier molecular flexibility index (Phi) is 5.85. The minimum atomic E-state index is -4.35. The van der Waals surface area contributed by atoms with Crippen LogP contribution in [0.15, 0.2) is 18.2 Å². The Bertz CT molecular complexity index is 574. The smallest absolute Gasteiger partial charge is 0.389 e. The Balaban J connectivity index is 2.59. The SMILES string of the molecule is COc1ccc(N)cc1CNS(=O)(=O)CCCC(F)(F)F. The Morgan fingerprint density at radius 1 is 1.33 bits per heavy atom. The number of ether oxygens (including phenoxy) is 1. The van der Waals surface area contributed by atoms with Gasteiger partial charge in [-0.25, -0.2) is 13.1 Å². The number of methoxy groups -OCH3 is 1. The first-order valence-corrected chi connectivity index (χ1v) is 7.75. The highest BCUT2D eigenvalue weighted by molar-refractivity contribution is 7.89. The third-order valence-electron chi connectivity index (χ3n) is 2.66. The summed E-state index contributed by atoms with van der Waals surface area (Å²) in [6.45, 7) is -0.0947. The van der Waals surface area contributed by atoms with Crippen LogP contribution in [0.3, 0.4) is 0 Å². The zero-order chi connectivity index (χ0) is 16.1. The molecular weight excluding hydrogens is 309 g/mol. The minimum Gasteiger partial charge on any atom is -0.496 e. The second-order valence-electron chi connectivity index (χ2n) is 4.43. The Hall–Kier alpha value is -1.48. The van der Waals surface area contributed by atoms with Gasteiger partial charge in [0.25, 0.3) is 0 Å². The van der Waals surface area contributed by atoms with Gasteiger partial charge in [-0.2, -0.15) is 13.2 Å². The van der Waals surface area contributed by atoms with E-state index >= 15 is 0 Å². The average molecular weight is 326 g/mol. The van der Waals surface area contributed by atoms with E-state index in [0.29, 0.717) is 17.0 Å². The van der Waals surface area contributed by atoms with E-state index in [2.05, 4.69) is 4.72 Å². The van der Waals surface area contributed by atoms with E-state index in [9.17, 15) is 21.6 Å². The second-order valence-corrected chi connectivity index (χ2v) is 6.36. The molecule has 0 aliphatic rings. The van der Waals surface area contributed by atoms with Gasteiger partial charge < -0.3 is 10.5 Å². The lowest BCUT2D eigenvalue weighted by Gasteiger charge is -2.11. The number of hydrogen-bond acceptors (Lipinski definition) is 4. The Labute approximate surface area is 121 Å². The van der Waals surface area contributed by atoms with E-state index in [4.69, 9.17) is 10.5 Å². The van der Waals surface area contributed by atoms with Crippen molar-refractivity contribution in [3.63, 3.8) is 0 Å². The molecule has 9 heteroatoms. The van der Waals surface area contributed by atoms with E-state index in [1.807, 2.05) is 0 Å². The molecule has 0 aliphatic heterocycles. The molecule has 0 fully saturated rings. The molecule has 0 spiro atoms. The number of nitrogens with two attached hydrogens (primary N) is 1. The number of nitrogens with one attached hydrogen (secondary N) is 1. The van der Waals surface area contributed by atoms with Crippen LogP contribution in [0.25, 0.3) is 0 Å².